The zero-order chi connectivity index (χ0) is 27.9. The molecule has 1 atom stereocenters. The summed E-state index contributed by atoms with van der Waals surface area (Å²) in [4.78, 5) is 28.7. The lowest BCUT2D eigenvalue weighted by Crippen LogP contribution is -2.53. The van der Waals surface area contributed by atoms with Crippen LogP contribution in [0.2, 0.25) is 10.0 Å². The first-order valence-electron chi connectivity index (χ1n) is 12.1. The topological polar surface area (TPSA) is 86.8 Å². The van der Waals surface area contributed by atoms with Crippen LogP contribution >= 0.6 is 23.2 Å². The van der Waals surface area contributed by atoms with Crippen LogP contribution in [0, 0.1) is 6.92 Å². The Morgan fingerprint density at radius 2 is 1.63 bits per heavy atom. The summed E-state index contributed by atoms with van der Waals surface area (Å²) in [5, 5.41) is 3.59. The summed E-state index contributed by atoms with van der Waals surface area (Å²) in [7, 11) is -3.88. The van der Waals surface area contributed by atoms with Gasteiger partial charge in [-0.2, -0.15) is 0 Å². The van der Waals surface area contributed by atoms with E-state index in [9.17, 15) is 18.0 Å². The fraction of sp³-hybridized carbons (Fsp3) is 0.286. The summed E-state index contributed by atoms with van der Waals surface area (Å²) in [5.74, 6) is -0.900. The first-order valence-corrected chi connectivity index (χ1v) is 14.7. The summed E-state index contributed by atoms with van der Waals surface area (Å²) in [6, 6.07) is 20.3. The van der Waals surface area contributed by atoms with Crippen molar-refractivity contribution in [3.05, 3.63) is 99.5 Å². The minimum Gasteiger partial charge on any atom is -0.355 e. The zero-order valence-electron chi connectivity index (χ0n) is 21.5. The molecule has 38 heavy (non-hydrogen) atoms. The maximum Gasteiger partial charge on any atom is 0.244 e. The normalized spacial score (nSPS) is 12.0. The summed E-state index contributed by atoms with van der Waals surface area (Å²) < 4.78 is 26.8. The molecule has 202 valence electrons. The van der Waals surface area contributed by atoms with Crippen molar-refractivity contribution in [3.8, 4) is 0 Å². The zero-order valence-corrected chi connectivity index (χ0v) is 23.9. The molecule has 3 aromatic carbocycles. The molecule has 0 aliphatic rings. The smallest absolute Gasteiger partial charge is 0.244 e. The fourth-order valence-electron chi connectivity index (χ4n) is 4.10. The predicted molar refractivity (Wildman–Crippen MR) is 153 cm³/mol. The molecule has 0 saturated heterocycles. The van der Waals surface area contributed by atoms with Crippen molar-refractivity contribution >= 4 is 50.7 Å². The maximum atomic E-state index is 14.0. The van der Waals surface area contributed by atoms with Crippen molar-refractivity contribution in [2.24, 2.45) is 0 Å². The standard InChI is InChI=1S/C28H31Cl2N3O4S/c1-4-31-28(35)26(16-21-10-6-5-7-11-21)32(18-22-12-8-9-13-24(22)30)27(34)19-33(38(3,36)37)25-17-23(29)15-14-20(25)2/h5-15,17,26H,4,16,18-19H2,1-3H3,(H,31,35). The van der Waals surface area contributed by atoms with Gasteiger partial charge in [-0.1, -0.05) is 77.8 Å². The van der Waals surface area contributed by atoms with Crippen LogP contribution < -0.4 is 9.62 Å². The lowest BCUT2D eigenvalue weighted by molar-refractivity contribution is -0.140. The molecule has 0 heterocycles. The summed E-state index contributed by atoms with van der Waals surface area (Å²) in [5.41, 5.74) is 2.42. The highest BCUT2D eigenvalue weighted by Gasteiger charge is 2.33. The number of likely N-dealkylation sites (N-methyl/N-ethyl adjacent to an activating group) is 1. The summed E-state index contributed by atoms with van der Waals surface area (Å²) >= 11 is 12.6. The Kier molecular flexibility index (Phi) is 10.2. The maximum absolute atomic E-state index is 14.0. The Hall–Kier alpha value is -3.07. The van der Waals surface area contributed by atoms with E-state index in [1.807, 2.05) is 30.3 Å². The van der Waals surface area contributed by atoms with Gasteiger partial charge < -0.3 is 10.2 Å². The average Bonchev–Trinajstić information content (AvgIpc) is 2.87. The number of rotatable bonds is 11. The van der Waals surface area contributed by atoms with E-state index in [0.717, 1.165) is 16.1 Å². The SMILES string of the molecule is CCNC(=O)C(Cc1ccccc1)N(Cc1ccccc1Cl)C(=O)CN(c1cc(Cl)ccc1C)S(C)(=O)=O. The van der Waals surface area contributed by atoms with Gasteiger partial charge in [0.05, 0.1) is 11.9 Å². The number of anilines is 1. The minimum atomic E-state index is -3.88. The number of hydrogen-bond donors (Lipinski definition) is 1. The lowest BCUT2D eigenvalue weighted by atomic mass is 10.0. The van der Waals surface area contributed by atoms with Gasteiger partial charge in [-0.25, -0.2) is 8.42 Å². The molecular formula is C28H31Cl2N3O4S. The molecule has 7 nitrogen and oxygen atoms in total. The number of hydrogen-bond acceptors (Lipinski definition) is 4. The van der Waals surface area contributed by atoms with Gasteiger partial charge in [0.1, 0.15) is 12.6 Å². The molecular weight excluding hydrogens is 545 g/mol. The van der Waals surface area contributed by atoms with Gasteiger partial charge in [-0.05, 0) is 48.7 Å². The molecule has 0 spiro atoms. The number of aryl methyl sites for hydroxylation is 1. The van der Waals surface area contributed by atoms with Crippen LogP contribution in [0.4, 0.5) is 5.69 Å². The third-order valence-electron chi connectivity index (χ3n) is 6.04. The Morgan fingerprint density at radius 1 is 0.974 bits per heavy atom. The van der Waals surface area contributed by atoms with Crippen LogP contribution in [0.5, 0.6) is 0 Å². The van der Waals surface area contributed by atoms with Crippen LogP contribution in [-0.4, -0.2) is 50.5 Å². The Bertz CT molecular complexity index is 1380. The molecule has 3 rings (SSSR count). The second-order valence-electron chi connectivity index (χ2n) is 8.91. The first-order chi connectivity index (χ1) is 18.0. The molecule has 0 fully saturated rings. The third-order valence-corrected chi connectivity index (χ3v) is 7.77. The van der Waals surface area contributed by atoms with Crippen LogP contribution in [0.15, 0.2) is 72.8 Å². The van der Waals surface area contributed by atoms with Crippen molar-refractivity contribution in [2.45, 2.75) is 32.9 Å². The Morgan fingerprint density at radius 3 is 2.26 bits per heavy atom. The predicted octanol–water partition coefficient (Wildman–Crippen LogP) is 4.84. The highest BCUT2D eigenvalue weighted by atomic mass is 35.5. The van der Waals surface area contributed by atoms with Gasteiger partial charge in [0.15, 0.2) is 0 Å². The number of halogens is 2. The highest BCUT2D eigenvalue weighted by molar-refractivity contribution is 7.92. The van der Waals surface area contributed by atoms with Crippen LogP contribution in [0.3, 0.4) is 0 Å². The number of nitrogens with one attached hydrogen (secondary N) is 1. The van der Waals surface area contributed by atoms with Crippen LogP contribution in [0.25, 0.3) is 0 Å². The van der Waals surface area contributed by atoms with Gasteiger partial charge in [-0.3, -0.25) is 13.9 Å². The lowest BCUT2D eigenvalue weighted by Gasteiger charge is -2.34. The van der Waals surface area contributed by atoms with Crippen molar-refractivity contribution in [1.82, 2.24) is 10.2 Å². The molecule has 0 saturated carbocycles. The number of carbonyl (C=O) groups is 2. The van der Waals surface area contributed by atoms with Crippen molar-refractivity contribution < 1.29 is 18.0 Å². The largest absolute Gasteiger partial charge is 0.355 e. The average molecular weight is 577 g/mol. The first kappa shape index (κ1) is 29.5. The highest BCUT2D eigenvalue weighted by Crippen LogP contribution is 2.27. The molecule has 0 aliphatic carbocycles. The van der Waals surface area contributed by atoms with Gasteiger partial charge in [0.2, 0.25) is 21.8 Å². The molecule has 2 amide bonds. The number of carbonyl (C=O) groups excluding carboxylic acids is 2. The molecule has 0 bridgehead atoms. The van der Waals surface area contributed by atoms with Gasteiger partial charge >= 0.3 is 0 Å². The van der Waals surface area contributed by atoms with E-state index in [4.69, 9.17) is 23.2 Å². The second kappa shape index (κ2) is 13.1. The van der Waals surface area contributed by atoms with Crippen molar-refractivity contribution in [3.63, 3.8) is 0 Å². The van der Waals surface area contributed by atoms with Crippen molar-refractivity contribution in [1.29, 1.82) is 0 Å². The Balaban J connectivity index is 2.08. The number of amides is 2. The molecule has 1 N–H and O–H groups in total. The molecule has 3 aromatic rings. The van der Waals surface area contributed by atoms with Gasteiger partial charge in [0, 0.05) is 29.6 Å². The number of benzene rings is 3. The van der Waals surface area contributed by atoms with Crippen LogP contribution in [0.1, 0.15) is 23.6 Å². The van der Waals surface area contributed by atoms with E-state index in [2.05, 4.69) is 5.32 Å². The van der Waals surface area contributed by atoms with Gasteiger partial charge in [0.25, 0.3) is 0 Å². The van der Waals surface area contributed by atoms with Gasteiger partial charge in [-0.15, -0.1) is 0 Å². The molecule has 0 radical (unpaired) electrons. The van der Waals surface area contributed by atoms with E-state index in [1.54, 1.807) is 50.2 Å². The molecule has 10 heteroatoms. The monoisotopic (exact) mass is 575 g/mol. The van der Waals surface area contributed by atoms with E-state index in [-0.39, 0.29) is 18.9 Å². The quantitative estimate of drug-likeness (QED) is 0.354. The van der Waals surface area contributed by atoms with E-state index < -0.39 is 28.5 Å². The van der Waals surface area contributed by atoms with E-state index in [1.165, 1.54) is 11.0 Å². The second-order valence-corrected chi connectivity index (χ2v) is 11.7. The third kappa shape index (κ3) is 7.72. The molecule has 0 aliphatic heterocycles. The minimum absolute atomic E-state index is 0.0132. The summed E-state index contributed by atoms with van der Waals surface area (Å²) in [6.07, 6.45) is 1.27. The number of sulfonamides is 1. The Labute approximate surface area is 234 Å². The van der Waals surface area contributed by atoms with E-state index >= 15 is 0 Å². The molecule has 1 unspecified atom stereocenters. The molecule has 0 aromatic heterocycles. The summed E-state index contributed by atoms with van der Waals surface area (Å²) in [6.45, 7) is 3.40. The van der Waals surface area contributed by atoms with E-state index in [0.29, 0.717) is 33.4 Å². The fourth-order valence-corrected chi connectivity index (χ4v) is 5.36. The van der Waals surface area contributed by atoms with Crippen molar-refractivity contribution in [2.75, 3.05) is 23.7 Å². The van der Waals surface area contributed by atoms with Crippen LogP contribution in [-0.2, 0) is 32.6 Å². The number of nitrogens with zero attached hydrogens (tertiary/aromatic N) is 2.